The Morgan fingerprint density at radius 3 is 2.70 bits per heavy atom. The second-order valence-electron chi connectivity index (χ2n) is 4.89. The van der Waals surface area contributed by atoms with E-state index in [4.69, 9.17) is 5.11 Å². The van der Waals surface area contributed by atoms with E-state index in [1.807, 2.05) is 0 Å². The molecule has 0 saturated carbocycles. The zero-order chi connectivity index (χ0) is 14.5. The first kappa shape index (κ1) is 14.7. The lowest BCUT2D eigenvalue weighted by atomic mass is 10.2. The van der Waals surface area contributed by atoms with Crippen LogP contribution in [0, 0.1) is 12.7 Å². The number of aliphatic hydroxyl groups is 1. The minimum absolute atomic E-state index is 0.134. The van der Waals surface area contributed by atoms with Crippen molar-refractivity contribution in [2.24, 2.45) is 0 Å². The number of nitrogens with zero attached hydrogens (tertiary/aromatic N) is 2. The Hall–Kier alpha value is -1.66. The molecule has 2 rings (SSSR count). The molecule has 1 fully saturated rings. The van der Waals surface area contributed by atoms with E-state index < -0.39 is 0 Å². The van der Waals surface area contributed by atoms with Gasteiger partial charge in [0.2, 0.25) is 0 Å². The number of carbonyl (C=O) groups is 1. The van der Waals surface area contributed by atoms with Crippen molar-refractivity contribution in [2.75, 3.05) is 44.6 Å². The summed E-state index contributed by atoms with van der Waals surface area (Å²) in [4.78, 5) is 15.9. The fourth-order valence-corrected chi connectivity index (χ4v) is 2.25. The molecule has 0 atom stereocenters. The van der Waals surface area contributed by atoms with Gasteiger partial charge in [-0.1, -0.05) is 6.07 Å². The summed E-state index contributed by atoms with van der Waals surface area (Å²) in [6, 6.07) is 4.44. The number of anilines is 1. The number of hydrogen-bond donors (Lipinski definition) is 2. The molecule has 1 saturated heterocycles. The van der Waals surface area contributed by atoms with Crippen molar-refractivity contribution in [2.45, 2.75) is 6.92 Å². The van der Waals surface area contributed by atoms with Crippen LogP contribution in [0.3, 0.4) is 0 Å². The maximum absolute atomic E-state index is 13.4. The zero-order valence-electron chi connectivity index (χ0n) is 11.6. The van der Waals surface area contributed by atoms with Gasteiger partial charge in [0.05, 0.1) is 6.61 Å². The quantitative estimate of drug-likeness (QED) is 0.877. The topological polar surface area (TPSA) is 55.8 Å². The van der Waals surface area contributed by atoms with Crippen LogP contribution in [-0.2, 0) is 0 Å². The van der Waals surface area contributed by atoms with Gasteiger partial charge >= 0.3 is 6.03 Å². The van der Waals surface area contributed by atoms with Crippen LogP contribution < -0.4 is 5.32 Å². The molecule has 1 aliphatic rings. The fourth-order valence-electron chi connectivity index (χ4n) is 2.25. The van der Waals surface area contributed by atoms with Crippen LogP contribution in [-0.4, -0.2) is 60.3 Å². The van der Waals surface area contributed by atoms with Gasteiger partial charge in [0.25, 0.3) is 0 Å². The molecule has 1 aromatic carbocycles. The van der Waals surface area contributed by atoms with E-state index >= 15 is 0 Å². The van der Waals surface area contributed by atoms with Gasteiger partial charge in [0, 0.05) is 44.0 Å². The number of amides is 2. The van der Waals surface area contributed by atoms with Crippen molar-refractivity contribution in [3.63, 3.8) is 0 Å². The highest BCUT2D eigenvalue weighted by molar-refractivity contribution is 5.90. The summed E-state index contributed by atoms with van der Waals surface area (Å²) in [6.07, 6.45) is 0. The molecule has 1 heterocycles. The largest absolute Gasteiger partial charge is 0.395 e. The minimum Gasteiger partial charge on any atom is -0.395 e. The van der Waals surface area contributed by atoms with Gasteiger partial charge in [-0.2, -0.15) is 0 Å². The van der Waals surface area contributed by atoms with E-state index in [2.05, 4.69) is 10.2 Å². The predicted octanol–water partition coefficient (Wildman–Crippen LogP) is 1.28. The molecule has 110 valence electrons. The SMILES string of the molecule is Cc1c(F)cccc1NC(=O)N1CCN(CCO)CC1. The van der Waals surface area contributed by atoms with Gasteiger partial charge in [-0.25, -0.2) is 9.18 Å². The molecular weight excluding hydrogens is 261 g/mol. The summed E-state index contributed by atoms with van der Waals surface area (Å²) >= 11 is 0. The van der Waals surface area contributed by atoms with Crippen molar-refractivity contribution in [1.29, 1.82) is 0 Å². The van der Waals surface area contributed by atoms with Crippen LogP contribution in [0.2, 0.25) is 0 Å². The Kier molecular flexibility index (Phi) is 4.92. The number of urea groups is 1. The number of piperazine rings is 1. The highest BCUT2D eigenvalue weighted by atomic mass is 19.1. The van der Waals surface area contributed by atoms with E-state index in [9.17, 15) is 9.18 Å². The number of halogens is 1. The number of rotatable bonds is 3. The van der Waals surface area contributed by atoms with Gasteiger partial charge in [-0.3, -0.25) is 4.90 Å². The van der Waals surface area contributed by atoms with Gasteiger partial charge in [0.1, 0.15) is 5.82 Å². The molecule has 0 radical (unpaired) electrons. The molecule has 0 aromatic heterocycles. The molecule has 0 spiro atoms. The maximum atomic E-state index is 13.4. The van der Waals surface area contributed by atoms with Gasteiger partial charge in [0.15, 0.2) is 0 Å². The first-order valence-corrected chi connectivity index (χ1v) is 6.76. The number of nitrogens with one attached hydrogen (secondary N) is 1. The highest BCUT2D eigenvalue weighted by Crippen LogP contribution is 2.18. The molecule has 0 aliphatic carbocycles. The fraction of sp³-hybridized carbons (Fsp3) is 0.500. The van der Waals surface area contributed by atoms with Crippen LogP contribution in [0.1, 0.15) is 5.56 Å². The molecular formula is C14H20FN3O2. The maximum Gasteiger partial charge on any atom is 0.321 e. The van der Waals surface area contributed by atoms with Crippen LogP contribution in [0.15, 0.2) is 18.2 Å². The summed E-state index contributed by atoms with van der Waals surface area (Å²) in [5.41, 5.74) is 0.951. The lowest BCUT2D eigenvalue weighted by molar-refractivity contribution is 0.127. The zero-order valence-corrected chi connectivity index (χ0v) is 11.6. The number of β-amino-alcohol motifs (C(OH)–C–C–N with tert-alkyl or cyclic N) is 1. The molecule has 2 N–H and O–H groups in total. The van der Waals surface area contributed by atoms with Gasteiger partial charge in [-0.15, -0.1) is 0 Å². The first-order valence-electron chi connectivity index (χ1n) is 6.76. The normalized spacial score (nSPS) is 16.2. The first-order chi connectivity index (χ1) is 9.61. The van der Waals surface area contributed by atoms with Gasteiger partial charge < -0.3 is 15.3 Å². The van der Waals surface area contributed by atoms with Crippen LogP contribution in [0.25, 0.3) is 0 Å². The van der Waals surface area contributed by atoms with Crippen molar-refractivity contribution in [1.82, 2.24) is 9.80 Å². The van der Waals surface area contributed by atoms with Gasteiger partial charge in [-0.05, 0) is 19.1 Å². The molecule has 6 heteroatoms. The number of carbonyl (C=O) groups excluding carboxylic acids is 1. The Balaban J connectivity index is 1.91. The summed E-state index contributed by atoms with van der Waals surface area (Å²) in [5, 5.41) is 11.6. The highest BCUT2D eigenvalue weighted by Gasteiger charge is 2.21. The molecule has 1 aromatic rings. The number of aliphatic hydroxyl groups excluding tert-OH is 1. The van der Waals surface area contributed by atoms with Crippen LogP contribution in [0.5, 0.6) is 0 Å². The van der Waals surface area contributed by atoms with E-state index in [-0.39, 0.29) is 18.5 Å². The minimum atomic E-state index is -0.324. The summed E-state index contributed by atoms with van der Waals surface area (Å²) in [7, 11) is 0. The molecule has 1 aliphatic heterocycles. The van der Waals surface area contributed by atoms with Crippen LogP contribution in [0.4, 0.5) is 14.9 Å². The Morgan fingerprint density at radius 2 is 2.05 bits per heavy atom. The predicted molar refractivity (Wildman–Crippen MR) is 75.3 cm³/mol. The average Bonchev–Trinajstić information content (AvgIpc) is 2.45. The Bertz CT molecular complexity index is 473. The lowest BCUT2D eigenvalue weighted by Gasteiger charge is -2.34. The van der Waals surface area contributed by atoms with E-state index in [1.54, 1.807) is 24.0 Å². The van der Waals surface area contributed by atoms with Crippen LogP contribution >= 0.6 is 0 Å². The summed E-state index contributed by atoms with van der Waals surface area (Å²) < 4.78 is 13.4. The lowest BCUT2D eigenvalue weighted by Crippen LogP contribution is -2.50. The van der Waals surface area contributed by atoms with E-state index in [0.29, 0.717) is 30.9 Å². The number of hydrogen-bond acceptors (Lipinski definition) is 3. The second kappa shape index (κ2) is 6.67. The molecule has 20 heavy (non-hydrogen) atoms. The van der Waals surface area contributed by atoms with Crippen molar-refractivity contribution < 1.29 is 14.3 Å². The Morgan fingerprint density at radius 1 is 1.35 bits per heavy atom. The molecule has 5 nitrogen and oxygen atoms in total. The van der Waals surface area contributed by atoms with E-state index in [0.717, 1.165) is 13.1 Å². The number of benzene rings is 1. The van der Waals surface area contributed by atoms with Crippen molar-refractivity contribution in [3.05, 3.63) is 29.6 Å². The standard InChI is InChI=1S/C14H20FN3O2/c1-11-12(15)3-2-4-13(11)16-14(20)18-7-5-17(6-8-18)9-10-19/h2-4,19H,5-10H2,1H3,(H,16,20). The monoisotopic (exact) mass is 281 g/mol. The second-order valence-corrected chi connectivity index (χ2v) is 4.89. The van der Waals surface area contributed by atoms with Crippen molar-refractivity contribution >= 4 is 11.7 Å². The summed E-state index contributed by atoms with van der Waals surface area (Å²) in [5.74, 6) is -0.324. The molecule has 2 amide bonds. The van der Waals surface area contributed by atoms with Crippen molar-refractivity contribution in [3.8, 4) is 0 Å². The third-order valence-electron chi connectivity index (χ3n) is 3.59. The smallest absolute Gasteiger partial charge is 0.321 e. The van der Waals surface area contributed by atoms with E-state index in [1.165, 1.54) is 6.07 Å². The molecule has 0 unspecified atom stereocenters. The summed E-state index contributed by atoms with van der Waals surface area (Å²) in [6.45, 7) is 5.13. The Labute approximate surface area is 118 Å². The average molecular weight is 281 g/mol. The third-order valence-corrected chi connectivity index (χ3v) is 3.59. The third kappa shape index (κ3) is 3.46. The molecule has 0 bridgehead atoms.